The molecule has 0 fully saturated rings. The second-order valence-corrected chi connectivity index (χ2v) is 2.95. The first-order chi connectivity index (χ1) is 5.54. The zero-order valence-corrected chi connectivity index (χ0v) is 7.25. The van der Waals surface area contributed by atoms with Gasteiger partial charge in [0.2, 0.25) is 5.82 Å². The fourth-order valence-electron chi connectivity index (χ4n) is 0.545. The Hall–Kier alpha value is -0.910. The molecule has 0 bridgehead atoms. The Morgan fingerprint density at radius 2 is 1.92 bits per heavy atom. The van der Waals surface area contributed by atoms with Crippen LogP contribution in [0.5, 0.6) is 0 Å². The molecule has 0 aliphatic heterocycles. The SMILES string of the molecule is O=Cc1cnc(C(F)(F)Br)nc1. The average molecular weight is 237 g/mol. The van der Waals surface area contributed by atoms with Gasteiger partial charge in [-0.25, -0.2) is 9.97 Å². The van der Waals surface area contributed by atoms with E-state index >= 15 is 0 Å². The van der Waals surface area contributed by atoms with Crippen LogP contribution in [0.4, 0.5) is 8.78 Å². The van der Waals surface area contributed by atoms with Gasteiger partial charge in [0.25, 0.3) is 0 Å². The van der Waals surface area contributed by atoms with Gasteiger partial charge in [0.05, 0.1) is 5.56 Å². The van der Waals surface area contributed by atoms with Crippen molar-refractivity contribution in [3.05, 3.63) is 23.8 Å². The predicted molar refractivity (Wildman–Crippen MR) is 40.2 cm³/mol. The van der Waals surface area contributed by atoms with E-state index in [2.05, 4.69) is 25.9 Å². The number of nitrogens with zero attached hydrogens (tertiary/aromatic N) is 2. The Balaban J connectivity index is 3.00. The van der Waals surface area contributed by atoms with E-state index in [-0.39, 0.29) is 5.56 Å². The number of aldehydes is 1. The summed E-state index contributed by atoms with van der Waals surface area (Å²) in [5, 5.41) is 0. The molecular formula is C6H3BrF2N2O. The highest BCUT2D eigenvalue weighted by Crippen LogP contribution is 2.31. The molecule has 3 nitrogen and oxygen atoms in total. The molecule has 0 aliphatic carbocycles. The molecule has 0 saturated heterocycles. The minimum atomic E-state index is -3.24. The molecule has 1 heterocycles. The molecule has 0 unspecified atom stereocenters. The van der Waals surface area contributed by atoms with E-state index < -0.39 is 10.7 Å². The number of rotatable bonds is 2. The van der Waals surface area contributed by atoms with Crippen LogP contribution in [-0.2, 0) is 4.83 Å². The molecule has 1 aromatic rings. The van der Waals surface area contributed by atoms with Crippen molar-refractivity contribution in [3.63, 3.8) is 0 Å². The molecule has 0 amide bonds. The first-order valence-corrected chi connectivity index (χ1v) is 3.68. The zero-order valence-electron chi connectivity index (χ0n) is 5.67. The summed E-state index contributed by atoms with van der Waals surface area (Å²) < 4.78 is 24.8. The van der Waals surface area contributed by atoms with Crippen molar-refractivity contribution in [2.24, 2.45) is 0 Å². The van der Waals surface area contributed by atoms with Crippen molar-refractivity contribution in [1.29, 1.82) is 0 Å². The van der Waals surface area contributed by atoms with Gasteiger partial charge in [-0.2, -0.15) is 8.78 Å². The van der Waals surface area contributed by atoms with E-state index in [1.165, 1.54) is 0 Å². The molecule has 1 aromatic heterocycles. The van der Waals surface area contributed by atoms with Gasteiger partial charge in [-0.1, -0.05) is 0 Å². The van der Waals surface area contributed by atoms with Gasteiger partial charge in [0.1, 0.15) is 0 Å². The van der Waals surface area contributed by atoms with Crippen molar-refractivity contribution in [3.8, 4) is 0 Å². The van der Waals surface area contributed by atoms with Gasteiger partial charge in [-0.05, 0) is 15.9 Å². The first-order valence-electron chi connectivity index (χ1n) is 2.88. The van der Waals surface area contributed by atoms with Crippen molar-refractivity contribution < 1.29 is 13.6 Å². The summed E-state index contributed by atoms with van der Waals surface area (Å²) in [5.41, 5.74) is 0.163. The molecule has 0 N–H and O–H groups in total. The number of aromatic nitrogens is 2. The van der Waals surface area contributed by atoms with Crippen LogP contribution in [0, 0.1) is 0 Å². The summed E-state index contributed by atoms with van der Waals surface area (Å²) in [6.45, 7) is 0. The maximum absolute atomic E-state index is 12.4. The molecule has 12 heavy (non-hydrogen) atoms. The van der Waals surface area contributed by atoms with Crippen LogP contribution >= 0.6 is 15.9 Å². The quantitative estimate of drug-likeness (QED) is 0.581. The van der Waals surface area contributed by atoms with E-state index in [0.717, 1.165) is 12.4 Å². The molecule has 0 saturated carbocycles. The van der Waals surface area contributed by atoms with Crippen molar-refractivity contribution in [1.82, 2.24) is 9.97 Å². The van der Waals surface area contributed by atoms with E-state index in [4.69, 9.17) is 0 Å². The third-order valence-electron chi connectivity index (χ3n) is 1.06. The van der Waals surface area contributed by atoms with Gasteiger partial charge < -0.3 is 0 Å². The maximum Gasteiger partial charge on any atom is 0.359 e. The van der Waals surface area contributed by atoms with Crippen molar-refractivity contribution in [2.45, 2.75) is 4.83 Å². The summed E-state index contributed by atoms with van der Waals surface area (Å²) >= 11 is 2.09. The standard InChI is InChI=1S/C6H3BrF2N2O/c7-6(8,9)5-10-1-4(3-12)2-11-5/h1-3H. The number of carbonyl (C=O) groups excluding carboxylic acids is 1. The van der Waals surface area contributed by atoms with Crippen LogP contribution in [0.1, 0.15) is 16.2 Å². The van der Waals surface area contributed by atoms with E-state index in [0.29, 0.717) is 6.29 Å². The largest absolute Gasteiger partial charge is 0.359 e. The third-order valence-corrected chi connectivity index (χ3v) is 1.42. The highest BCUT2D eigenvalue weighted by molar-refractivity contribution is 9.09. The average Bonchev–Trinajstić information content (AvgIpc) is 2.03. The number of carbonyl (C=O) groups is 1. The third kappa shape index (κ3) is 2.04. The fourth-order valence-corrected chi connectivity index (χ4v) is 0.750. The summed E-state index contributed by atoms with van der Waals surface area (Å²) in [4.78, 5) is 13.4. The first kappa shape index (κ1) is 9.18. The minimum absolute atomic E-state index is 0.163. The molecule has 0 aliphatic rings. The molecule has 0 radical (unpaired) electrons. The summed E-state index contributed by atoms with van der Waals surface area (Å²) in [5.74, 6) is -0.659. The lowest BCUT2D eigenvalue weighted by Gasteiger charge is -2.04. The van der Waals surface area contributed by atoms with Crippen molar-refractivity contribution >= 4 is 22.2 Å². The van der Waals surface area contributed by atoms with E-state index in [9.17, 15) is 13.6 Å². The zero-order chi connectivity index (χ0) is 9.19. The summed E-state index contributed by atoms with van der Waals surface area (Å²) in [6, 6.07) is 0. The lowest BCUT2D eigenvalue weighted by atomic mass is 10.4. The number of alkyl halides is 3. The number of halogens is 3. The number of hydrogen-bond donors (Lipinski definition) is 0. The van der Waals surface area contributed by atoms with Crippen LogP contribution < -0.4 is 0 Å². The molecule has 6 heteroatoms. The minimum Gasteiger partial charge on any atom is -0.298 e. The Kier molecular flexibility index (Phi) is 2.46. The molecule has 0 spiro atoms. The Bertz CT molecular complexity index is 283. The lowest BCUT2D eigenvalue weighted by Crippen LogP contribution is -2.08. The summed E-state index contributed by atoms with van der Waals surface area (Å²) in [6.07, 6.45) is 2.55. The Morgan fingerprint density at radius 1 is 1.42 bits per heavy atom. The van der Waals surface area contributed by atoms with Crippen LogP contribution in [0.15, 0.2) is 12.4 Å². The van der Waals surface area contributed by atoms with Crippen LogP contribution in [0.2, 0.25) is 0 Å². The lowest BCUT2D eigenvalue weighted by molar-refractivity contribution is 0.103. The molecule has 1 rings (SSSR count). The molecule has 0 aromatic carbocycles. The monoisotopic (exact) mass is 236 g/mol. The van der Waals surface area contributed by atoms with E-state index in [1.807, 2.05) is 0 Å². The molecule has 0 atom stereocenters. The second-order valence-electron chi connectivity index (χ2n) is 1.96. The van der Waals surface area contributed by atoms with Crippen LogP contribution in [-0.4, -0.2) is 16.3 Å². The van der Waals surface area contributed by atoms with Crippen LogP contribution in [0.25, 0.3) is 0 Å². The Labute approximate surface area is 75.0 Å². The fraction of sp³-hybridized carbons (Fsp3) is 0.167. The van der Waals surface area contributed by atoms with Gasteiger partial charge in [-0.15, -0.1) is 0 Å². The van der Waals surface area contributed by atoms with Crippen LogP contribution in [0.3, 0.4) is 0 Å². The second kappa shape index (κ2) is 3.22. The van der Waals surface area contributed by atoms with Gasteiger partial charge in [0, 0.05) is 12.4 Å². The van der Waals surface area contributed by atoms with Crippen molar-refractivity contribution in [2.75, 3.05) is 0 Å². The van der Waals surface area contributed by atoms with Gasteiger partial charge >= 0.3 is 4.83 Å². The molecule has 64 valence electrons. The molecular weight excluding hydrogens is 234 g/mol. The van der Waals surface area contributed by atoms with Gasteiger partial charge in [-0.3, -0.25) is 4.79 Å². The highest BCUT2D eigenvalue weighted by Gasteiger charge is 2.30. The smallest absolute Gasteiger partial charge is 0.298 e. The summed E-state index contributed by atoms with van der Waals surface area (Å²) in [7, 11) is 0. The number of hydrogen-bond acceptors (Lipinski definition) is 3. The maximum atomic E-state index is 12.4. The van der Waals surface area contributed by atoms with Gasteiger partial charge in [0.15, 0.2) is 6.29 Å². The predicted octanol–water partition coefficient (Wildman–Crippen LogP) is 1.73. The Morgan fingerprint density at radius 3 is 2.25 bits per heavy atom. The highest BCUT2D eigenvalue weighted by atomic mass is 79.9. The topological polar surface area (TPSA) is 42.9 Å². The van der Waals surface area contributed by atoms with E-state index in [1.54, 1.807) is 0 Å². The normalized spacial score (nSPS) is 11.2.